The molecule has 1 fully saturated rings. The van der Waals surface area contributed by atoms with Gasteiger partial charge >= 0.3 is 0 Å². The second-order valence-electron chi connectivity index (χ2n) is 7.12. The van der Waals surface area contributed by atoms with Gasteiger partial charge < -0.3 is 15.4 Å². The Morgan fingerprint density at radius 1 is 1.03 bits per heavy atom. The Morgan fingerprint density at radius 2 is 1.79 bits per heavy atom. The van der Waals surface area contributed by atoms with Crippen LogP contribution in [0.5, 0.6) is 0 Å². The van der Waals surface area contributed by atoms with Gasteiger partial charge in [-0.2, -0.15) is 0 Å². The fourth-order valence-corrected chi connectivity index (χ4v) is 3.49. The Bertz CT molecular complexity index is 956. The standard InChI is InChI=1S/C23H26N4O2/c28-23(25-17-18-6-2-1-3-7-18)20-16-22(26-21-9-5-4-8-19(20)21)24-10-11-27-12-14-29-15-13-27/h1-9,16H,10-15,17H2,(H,24,26)(H,25,28). The molecule has 150 valence electrons. The molecule has 0 atom stereocenters. The maximum Gasteiger partial charge on any atom is 0.252 e. The van der Waals surface area contributed by atoms with E-state index in [9.17, 15) is 4.79 Å². The van der Waals surface area contributed by atoms with Gasteiger partial charge in [0, 0.05) is 38.1 Å². The smallest absolute Gasteiger partial charge is 0.252 e. The van der Waals surface area contributed by atoms with E-state index in [1.54, 1.807) is 0 Å². The molecule has 2 N–H and O–H groups in total. The molecule has 0 bridgehead atoms. The number of morpholine rings is 1. The van der Waals surface area contributed by atoms with Crippen molar-refractivity contribution in [2.24, 2.45) is 0 Å². The zero-order valence-corrected chi connectivity index (χ0v) is 16.4. The average Bonchev–Trinajstić information content (AvgIpc) is 2.78. The molecule has 4 rings (SSSR count). The van der Waals surface area contributed by atoms with Crippen LogP contribution >= 0.6 is 0 Å². The lowest BCUT2D eigenvalue weighted by molar-refractivity contribution is 0.0398. The molecule has 2 aromatic carbocycles. The molecule has 1 aliphatic rings. The molecular formula is C23H26N4O2. The predicted molar refractivity (Wildman–Crippen MR) is 115 cm³/mol. The average molecular weight is 390 g/mol. The number of carbonyl (C=O) groups excluding carboxylic acids is 1. The van der Waals surface area contributed by atoms with E-state index in [1.165, 1.54) is 0 Å². The van der Waals surface area contributed by atoms with Gasteiger partial charge in [0.1, 0.15) is 5.82 Å². The number of ether oxygens (including phenoxy) is 1. The first-order valence-corrected chi connectivity index (χ1v) is 10.1. The lowest BCUT2D eigenvalue weighted by Gasteiger charge is -2.26. The number of anilines is 1. The summed E-state index contributed by atoms with van der Waals surface area (Å²) < 4.78 is 5.39. The molecule has 0 aliphatic carbocycles. The molecule has 6 heteroatoms. The highest BCUT2D eigenvalue weighted by atomic mass is 16.5. The zero-order valence-electron chi connectivity index (χ0n) is 16.4. The molecule has 1 amide bonds. The van der Waals surface area contributed by atoms with Crippen LogP contribution < -0.4 is 10.6 Å². The van der Waals surface area contributed by atoms with Crippen LogP contribution in [0, 0.1) is 0 Å². The molecule has 1 saturated heterocycles. The summed E-state index contributed by atoms with van der Waals surface area (Å²) in [6.45, 7) is 5.69. The number of hydrogen-bond acceptors (Lipinski definition) is 5. The van der Waals surface area contributed by atoms with Crippen LogP contribution in [0.1, 0.15) is 15.9 Å². The fourth-order valence-electron chi connectivity index (χ4n) is 3.49. The SMILES string of the molecule is O=C(NCc1ccccc1)c1cc(NCCN2CCOCC2)nc2ccccc12. The monoisotopic (exact) mass is 390 g/mol. The number of benzene rings is 2. The minimum absolute atomic E-state index is 0.0938. The van der Waals surface area contributed by atoms with Crippen molar-refractivity contribution in [1.82, 2.24) is 15.2 Å². The molecule has 0 unspecified atom stereocenters. The number of nitrogens with zero attached hydrogens (tertiary/aromatic N) is 2. The summed E-state index contributed by atoms with van der Waals surface area (Å²) in [4.78, 5) is 20.0. The van der Waals surface area contributed by atoms with E-state index < -0.39 is 0 Å². The van der Waals surface area contributed by atoms with Gasteiger partial charge in [-0.25, -0.2) is 4.98 Å². The van der Waals surface area contributed by atoms with E-state index in [2.05, 4.69) is 20.5 Å². The fraction of sp³-hybridized carbons (Fsp3) is 0.304. The Labute approximate surface area is 170 Å². The molecule has 29 heavy (non-hydrogen) atoms. The van der Waals surface area contributed by atoms with Crippen molar-refractivity contribution in [2.75, 3.05) is 44.7 Å². The van der Waals surface area contributed by atoms with Crippen molar-refractivity contribution in [3.05, 3.63) is 71.8 Å². The van der Waals surface area contributed by atoms with Gasteiger partial charge in [0.15, 0.2) is 0 Å². The summed E-state index contributed by atoms with van der Waals surface area (Å²) in [7, 11) is 0. The summed E-state index contributed by atoms with van der Waals surface area (Å²) in [5, 5.41) is 7.26. The number of para-hydroxylation sites is 1. The highest BCUT2D eigenvalue weighted by molar-refractivity contribution is 6.06. The first-order valence-electron chi connectivity index (χ1n) is 10.1. The molecule has 3 aromatic rings. The first-order chi connectivity index (χ1) is 14.3. The van der Waals surface area contributed by atoms with Crippen molar-refractivity contribution >= 4 is 22.6 Å². The number of fused-ring (bicyclic) bond motifs is 1. The van der Waals surface area contributed by atoms with Gasteiger partial charge in [-0.3, -0.25) is 9.69 Å². The van der Waals surface area contributed by atoms with E-state index in [0.717, 1.165) is 61.7 Å². The van der Waals surface area contributed by atoms with Crippen molar-refractivity contribution in [2.45, 2.75) is 6.54 Å². The quantitative estimate of drug-likeness (QED) is 0.649. The van der Waals surface area contributed by atoms with Gasteiger partial charge in [0.25, 0.3) is 5.91 Å². The molecule has 0 saturated carbocycles. The van der Waals surface area contributed by atoms with Crippen LogP contribution in [0.3, 0.4) is 0 Å². The number of aromatic nitrogens is 1. The van der Waals surface area contributed by atoms with E-state index in [4.69, 9.17) is 4.74 Å². The van der Waals surface area contributed by atoms with Crippen LogP contribution in [0.2, 0.25) is 0 Å². The van der Waals surface area contributed by atoms with Gasteiger partial charge in [-0.1, -0.05) is 48.5 Å². The first kappa shape index (κ1) is 19.4. The molecule has 0 radical (unpaired) electrons. The maximum absolute atomic E-state index is 12.9. The van der Waals surface area contributed by atoms with Crippen LogP contribution in [-0.2, 0) is 11.3 Å². The predicted octanol–water partition coefficient (Wildman–Crippen LogP) is 2.91. The van der Waals surface area contributed by atoms with Crippen molar-refractivity contribution in [3.63, 3.8) is 0 Å². The van der Waals surface area contributed by atoms with Gasteiger partial charge in [0.05, 0.1) is 24.3 Å². The minimum Gasteiger partial charge on any atom is -0.379 e. The van der Waals surface area contributed by atoms with Crippen LogP contribution in [0.25, 0.3) is 10.9 Å². The van der Waals surface area contributed by atoms with Crippen LogP contribution in [0.15, 0.2) is 60.7 Å². The summed E-state index contributed by atoms with van der Waals surface area (Å²) in [5.74, 6) is 0.630. The zero-order chi connectivity index (χ0) is 19.9. The Balaban J connectivity index is 1.47. The van der Waals surface area contributed by atoms with E-state index in [1.807, 2.05) is 60.7 Å². The molecule has 6 nitrogen and oxygen atoms in total. The Hall–Kier alpha value is -2.96. The number of pyridine rings is 1. The Kier molecular flexibility index (Phi) is 6.34. The van der Waals surface area contributed by atoms with Crippen LogP contribution in [-0.4, -0.2) is 55.2 Å². The lowest BCUT2D eigenvalue weighted by atomic mass is 10.1. The third-order valence-electron chi connectivity index (χ3n) is 5.09. The van der Waals surface area contributed by atoms with Gasteiger partial charge in [-0.15, -0.1) is 0 Å². The second kappa shape index (κ2) is 9.49. The summed E-state index contributed by atoms with van der Waals surface area (Å²) >= 11 is 0. The number of rotatable bonds is 7. The van der Waals surface area contributed by atoms with Gasteiger partial charge in [0.2, 0.25) is 0 Å². The molecule has 0 spiro atoms. The highest BCUT2D eigenvalue weighted by Crippen LogP contribution is 2.21. The molecule has 1 aliphatic heterocycles. The third-order valence-corrected chi connectivity index (χ3v) is 5.09. The third kappa shape index (κ3) is 5.10. The summed E-state index contributed by atoms with van der Waals surface area (Å²) in [6, 6.07) is 19.5. The van der Waals surface area contributed by atoms with Crippen LogP contribution in [0.4, 0.5) is 5.82 Å². The lowest BCUT2D eigenvalue weighted by Crippen LogP contribution is -2.39. The topological polar surface area (TPSA) is 66.5 Å². The summed E-state index contributed by atoms with van der Waals surface area (Å²) in [6.07, 6.45) is 0. The number of carbonyl (C=O) groups is 1. The van der Waals surface area contributed by atoms with Crippen molar-refractivity contribution < 1.29 is 9.53 Å². The number of amides is 1. The number of nitrogens with one attached hydrogen (secondary N) is 2. The highest BCUT2D eigenvalue weighted by Gasteiger charge is 2.14. The molecular weight excluding hydrogens is 364 g/mol. The normalized spacial score (nSPS) is 14.6. The summed E-state index contributed by atoms with van der Waals surface area (Å²) in [5.41, 5.74) is 2.53. The van der Waals surface area contributed by atoms with E-state index >= 15 is 0 Å². The molecule has 1 aromatic heterocycles. The number of hydrogen-bond donors (Lipinski definition) is 2. The maximum atomic E-state index is 12.9. The van der Waals surface area contributed by atoms with Crippen molar-refractivity contribution in [1.29, 1.82) is 0 Å². The largest absolute Gasteiger partial charge is 0.379 e. The van der Waals surface area contributed by atoms with E-state index in [0.29, 0.717) is 12.1 Å². The molecule has 2 heterocycles. The minimum atomic E-state index is -0.0938. The second-order valence-corrected chi connectivity index (χ2v) is 7.12. The Morgan fingerprint density at radius 3 is 2.62 bits per heavy atom. The van der Waals surface area contributed by atoms with Crippen molar-refractivity contribution in [3.8, 4) is 0 Å². The van der Waals surface area contributed by atoms with Gasteiger partial charge in [-0.05, 0) is 17.7 Å². The van der Waals surface area contributed by atoms with E-state index in [-0.39, 0.29) is 5.91 Å².